The Balaban J connectivity index is 1.57. The SMILES string of the molecule is C/C(=N/NC(=O)Cc1csc(C)n1)c1ccc(N2CCCCCC2)cc1. The van der Waals surface area contributed by atoms with Crippen molar-refractivity contribution < 1.29 is 4.79 Å². The van der Waals surface area contributed by atoms with Crippen molar-refractivity contribution >= 4 is 28.6 Å². The molecule has 0 saturated carbocycles. The van der Waals surface area contributed by atoms with Crippen LogP contribution in [0.3, 0.4) is 0 Å². The molecule has 1 saturated heterocycles. The largest absolute Gasteiger partial charge is 0.372 e. The van der Waals surface area contributed by atoms with Gasteiger partial charge in [-0.1, -0.05) is 25.0 Å². The summed E-state index contributed by atoms with van der Waals surface area (Å²) in [6.45, 7) is 6.12. The Morgan fingerprint density at radius 1 is 1.19 bits per heavy atom. The van der Waals surface area contributed by atoms with Crippen molar-refractivity contribution in [3.05, 3.63) is 45.9 Å². The van der Waals surface area contributed by atoms with Crippen LogP contribution >= 0.6 is 11.3 Å². The number of aryl methyl sites for hydroxylation is 1. The molecule has 0 bridgehead atoms. The van der Waals surface area contributed by atoms with Crippen molar-refractivity contribution in [2.24, 2.45) is 5.10 Å². The summed E-state index contributed by atoms with van der Waals surface area (Å²) >= 11 is 1.55. The monoisotopic (exact) mass is 370 g/mol. The minimum Gasteiger partial charge on any atom is -0.372 e. The van der Waals surface area contributed by atoms with Gasteiger partial charge < -0.3 is 4.90 Å². The van der Waals surface area contributed by atoms with E-state index < -0.39 is 0 Å². The van der Waals surface area contributed by atoms with Crippen molar-refractivity contribution in [1.82, 2.24) is 10.4 Å². The molecule has 1 fully saturated rings. The standard InChI is InChI=1S/C20H26N4OS/c1-15(22-23-20(25)13-18-14-26-16(2)21-18)17-7-9-19(10-8-17)24-11-5-3-4-6-12-24/h7-10,14H,3-6,11-13H2,1-2H3,(H,23,25)/b22-15-. The number of thiazole rings is 1. The number of carbonyl (C=O) groups excluding carboxylic acids is 1. The summed E-state index contributed by atoms with van der Waals surface area (Å²) in [5.74, 6) is -0.143. The van der Waals surface area contributed by atoms with E-state index in [1.165, 1.54) is 31.4 Å². The smallest absolute Gasteiger partial charge is 0.246 e. The van der Waals surface area contributed by atoms with Crippen molar-refractivity contribution in [3.8, 4) is 0 Å². The van der Waals surface area contributed by atoms with Crippen LogP contribution in [-0.2, 0) is 11.2 Å². The molecule has 1 aromatic carbocycles. The van der Waals surface area contributed by atoms with E-state index in [1.807, 2.05) is 19.2 Å². The summed E-state index contributed by atoms with van der Waals surface area (Å²) in [7, 11) is 0. The Morgan fingerprint density at radius 3 is 2.50 bits per heavy atom. The molecule has 1 aliphatic heterocycles. The number of carbonyl (C=O) groups is 1. The Morgan fingerprint density at radius 2 is 1.88 bits per heavy atom. The van der Waals surface area contributed by atoms with Crippen molar-refractivity contribution in [2.75, 3.05) is 18.0 Å². The zero-order chi connectivity index (χ0) is 18.4. The summed E-state index contributed by atoms with van der Waals surface area (Å²) in [6.07, 6.45) is 5.47. The molecule has 1 N–H and O–H groups in total. The quantitative estimate of drug-likeness (QED) is 0.641. The molecule has 26 heavy (non-hydrogen) atoms. The van der Waals surface area contributed by atoms with Gasteiger partial charge in [-0.2, -0.15) is 5.10 Å². The number of nitrogens with zero attached hydrogens (tertiary/aromatic N) is 3. The van der Waals surface area contributed by atoms with E-state index in [0.717, 1.165) is 35.1 Å². The minimum absolute atomic E-state index is 0.143. The molecule has 6 heteroatoms. The highest BCUT2D eigenvalue weighted by Crippen LogP contribution is 2.20. The summed E-state index contributed by atoms with van der Waals surface area (Å²) in [5.41, 5.74) is 6.51. The topological polar surface area (TPSA) is 57.6 Å². The average molecular weight is 371 g/mol. The number of hydrogen-bond donors (Lipinski definition) is 1. The molecule has 0 aliphatic carbocycles. The van der Waals surface area contributed by atoms with Gasteiger partial charge in [-0.25, -0.2) is 10.4 Å². The van der Waals surface area contributed by atoms with Crippen LogP contribution in [0.15, 0.2) is 34.7 Å². The molecule has 2 aromatic rings. The fourth-order valence-electron chi connectivity index (χ4n) is 3.15. The van der Waals surface area contributed by atoms with Gasteiger partial charge in [0, 0.05) is 24.2 Å². The molecule has 0 radical (unpaired) electrons. The van der Waals surface area contributed by atoms with Gasteiger partial charge in [-0.05, 0) is 44.4 Å². The van der Waals surface area contributed by atoms with Gasteiger partial charge in [0.2, 0.25) is 5.91 Å². The molecule has 2 heterocycles. The lowest BCUT2D eigenvalue weighted by Gasteiger charge is -2.22. The van der Waals surface area contributed by atoms with E-state index in [-0.39, 0.29) is 12.3 Å². The Labute approximate surface area is 159 Å². The summed E-state index contributed by atoms with van der Waals surface area (Å²) in [4.78, 5) is 18.8. The Kier molecular flexibility index (Phi) is 6.39. The summed E-state index contributed by atoms with van der Waals surface area (Å²) < 4.78 is 0. The van der Waals surface area contributed by atoms with Crippen molar-refractivity contribution in [2.45, 2.75) is 46.0 Å². The van der Waals surface area contributed by atoms with E-state index in [4.69, 9.17) is 0 Å². The lowest BCUT2D eigenvalue weighted by atomic mass is 10.1. The summed E-state index contributed by atoms with van der Waals surface area (Å²) in [6, 6.07) is 8.46. The van der Waals surface area contributed by atoms with Crippen LogP contribution in [0.2, 0.25) is 0 Å². The molecule has 1 aromatic heterocycles. The second-order valence-electron chi connectivity index (χ2n) is 6.71. The molecule has 0 unspecified atom stereocenters. The van der Waals surface area contributed by atoms with E-state index >= 15 is 0 Å². The first-order valence-corrected chi connectivity index (χ1v) is 10.1. The van der Waals surface area contributed by atoms with Crippen LogP contribution in [0, 0.1) is 6.92 Å². The molecular formula is C20H26N4OS. The average Bonchev–Trinajstić information content (AvgIpc) is 2.88. The third kappa shape index (κ3) is 5.14. The fraction of sp³-hybridized carbons (Fsp3) is 0.450. The number of amides is 1. The van der Waals surface area contributed by atoms with E-state index in [9.17, 15) is 4.79 Å². The number of benzene rings is 1. The molecule has 0 atom stereocenters. The van der Waals surface area contributed by atoms with E-state index in [0.29, 0.717) is 0 Å². The Hall–Kier alpha value is -2.21. The first-order chi connectivity index (χ1) is 12.6. The first-order valence-electron chi connectivity index (χ1n) is 9.21. The van der Waals surface area contributed by atoms with Crippen LogP contribution in [-0.4, -0.2) is 29.7 Å². The highest BCUT2D eigenvalue weighted by atomic mass is 32.1. The van der Waals surface area contributed by atoms with Gasteiger partial charge in [0.1, 0.15) is 0 Å². The molecule has 1 amide bonds. The molecule has 5 nitrogen and oxygen atoms in total. The van der Waals surface area contributed by atoms with Gasteiger partial charge in [-0.15, -0.1) is 11.3 Å². The van der Waals surface area contributed by atoms with E-state index in [2.05, 4.69) is 44.7 Å². The first kappa shape index (κ1) is 18.6. The molecule has 0 spiro atoms. The number of hydrazone groups is 1. The number of aromatic nitrogens is 1. The lowest BCUT2D eigenvalue weighted by molar-refractivity contribution is -0.120. The predicted molar refractivity (Wildman–Crippen MR) is 108 cm³/mol. The second kappa shape index (κ2) is 8.94. The van der Waals surface area contributed by atoms with Gasteiger partial charge in [-0.3, -0.25) is 4.79 Å². The van der Waals surface area contributed by atoms with Crippen LogP contribution in [0.5, 0.6) is 0 Å². The number of nitrogens with one attached hydrogen (secondary N) is 1. The lowest BCUT2D eigenvalue weighted by Crippen LogP contribution is -2.23. The number of hydrogen-bond acceptors (Lipinski definition) is 5. The van der Waals surface area contributed by atoms with Crippen LogP contribution in [0.4, 0.5) is 5.69 Å². The molecule has 1 aliphatic rings. The molecular weight excluding hydrogens is 344 g/mol. The fourth-order valence-corrected chi connectivity index (χ4v) is 3.76. The maximum Gasteiger partial charge on any atom is 0.246 e. The third-order valence-electron chi connectivity index (χ3n) is 4.61. The second-order valence-corrected chi connectivity index (χ2v) is 7.78. The van der Waals surface area contributed by atoms with Crippen LogP contribution in [0.25, 0.3) is 0 Å². The van der Waals surface area contributed by atoms with Crippen LogP contribution < -0.4 is 10.3 Å². The maximum atomic E-state index is 12.0. The maximum absolute atomic E-state index is 12.0. The normalized spacial score (nSPS) is 15.6. The minimum atomic E-state index is -0.143. The highest BCUT2D eigenvalue weighted by molar-refractivity contribution is 7.09. The highest BCUT2D eigenvalue weighted by Gasteiger charge is 2.10. The van der Waals surface area contributed by atoms with Crippen LogP contribution in [0.1, 0.15) is 48.9 Å². The van der Waals surface area contributed by atoms with Gasteiger partial charge >= 0.3 is 0 Å². The number of anilines is 1. The zero-order valence-corrected chi connectivity index (χ0v) is 16.3. The Bertz CT molecular complexity index is 758. The van der Waals surface area contributed by atoms with Crippen molar-refractivity contribution in [3.63, 3.8) is 0 Å². The molecule has 138 valence electrons. The van der Waals surface area contributed by atoms with Gasteiger partial charge in [0.25, 0.3) is 0 Å². The number of rotatable bonds is 5. The molecule has 3 rings (SSSR count). The van der Waals surface area contributed by atoms with Crippen molar-refractivity contribution in [1.29, 1.82) is 0 Å². The van der Waals surface area contributed by atoms with E-state index in [1.54, 1.807) is 11.3 Å². The summed E-state index contributed by atoms with van der Waals surface area (Å²) in [5, 5.41) is 7.11. The third-order valence-corrected chi connectivity index (χ3v) is 5.44. The zero-order valence-electron chi connectivity index (χ0n) is 15.5. The van der Waals surface area contributed by atoms with Gasteiger partial charge in [0.15, 0.2) is 0 Å². The van der Waals surface area contributed by atoms with Gasteiger partial charge in [0.05, 0.1) is 22.8 Å². The predicted octanol–water partition coefficient (Wildman–Crippen LogP) is 3.91.